The molecular weight excluding hydrogens is 428 g/mol. The summed E-state index contributed by atoms with van der Waals surface area (Å²) in [6.07, 6.45) is 0.754. The molecule has 1 N–H and O–H groups in total. The van der Waals surface area contributed by atoms with Crippen LogP contribution in [0.5, 0.6) is 11.5 Å². The van der Waals surface area contributed by atoms with Gasteiger partial charge in [0.2, 0.25) is 0 Å². The molecule has 2 aliphatic heterocycles. The van der Waals surface area contributed by atoms with Gasteiger partial charge in [0.25, 0.3) is 5.91 Å². The predicted molar refractivity (Wildman–Crippen MR) is 120 cm³/mol. The lowest BCUT2D eigenvalue weighted by Crippen LogP contribution is -2.45. The van der Waals surface area contributed by atoms with Crippen LogP contribution in [0, 0.1) is 0 Å². The largest absolute Gasteiger partial charge is 0.489 e. The maximum absolute atomic E-state index is 13.8. The standard InChI is InChI=1S/C25H21ClN2O4/c26-20-14-17(15-21-22(20)32-13-7-12-31-21)16-28-23(29)25(27-24(28)30,18-8-3-1-4-9-18)19-10-5-2-6-11-19/h1-6,8-11,14-15H,7,12-13,16H2,(H,27,30). The van der Waals surface area contributed by atoms with Crippen molar-refractivity contribution in [2.24, 2.45) is 0 Å². The number of hydrogen-bond acceptors (Lipinski definition) is 4. The SMILES string of the molecule is O=C1NC(c2ccccc2)(c2ccccc2)C(=O)N1Cc1cc(Cl)c2c(c1)OCCCO2. The Kier molecular flexibility index (Phi) is 5.23. The van der Waals surface area contributed by atoms with Crippen molar-refractivity contribution in [3.05, 3.63) is 94.5 Å². The van der Waals surface area contributed by atoms with E-state index >= 15 is 0 Å². The number of amides is 3. The molecule has 2 aliphatic rings. The van der Waals surface area contributed by atoms with Crippen molar-refractivity contribution in [2.75, 3.05) is 13.2 Å². The lowest BCUT2D eigenvalue weighted by molar-refractivity contribution is -0.130. The second kappa shape index (κ2) is 8.20. The summed E-state index contributed by atoms with van der Waals surface area (Å²) >= 11 is 6.42. The molecule has 6 nitrogen and oxygen atoms in total. The first-order valence-corrected chi connectivity index (χ1v) is 10.8. The van der Waals surface area contributed by atoms with Crippen LogP contribution in [0.4, 0.5) is 4.79 Å². The lowest BCUT2D eigenvalue weighted by atomic mass is 9.82. The third-order valence-electron chi connectivity index (χ3n) is 5.72. The van der Waals surface area contributed by atoms with E-state index in [1.807, 2.05) is 60.7 Å². The van der Waals surface area contributed by atoms with E-state index < -0.39 is 11.6 Å². The number of fused-ring (bicyclic) bond motifs is 1. The van der Waals surface area contributed by atoms with Crippen molar-refractivity contribution in [3.63, 3.8) is 0 Å². The number of ether oxygens (including phenoxy) is 2. The van der Waals surface area contributed by atoms with Gasteiger partial charge in [0, 0.05) is 6.42 Å². The van der Waals surface area contributed by atoms with Gasteiger partial charge < -0.3 is 14.8 Å². The molecule has 0 spiro atoms. The summed E-state index contributed by atoms with van der Waals surface area (Å²) in [5, 5.41) is 3.35. The van der Waals surface area contributed by atoms with Crippen molar-refractivity contribution in [2.45, 2.75) is 18.5 Å². The molecule has 5 rings (SSSR count). The van der Waals surface area contributed by atoms with Gasteiger partial charge in [0.05, 0.1) is 24.8 Å². The highest BCUT2D eigenvalue weighted by Gasteiger charge is 2.53. The van der Waals surface area contributed by atoms with E-state index in [2.05, 4.69) is 5.32 Å². The Balaban J connectivity index is 1.53. The van der Waals surface area contributed by atoms with Crippen LogP contribution in [0.3, 0.4) is 0 Å². The molecular formula is C25H21ClN2O4. The van der Waals surface area contributed by atoms with Crippen LogP contribution >= 0.6 is 11.6 Å². The minimum Gasteiger partial charge on any atom is -0.489 e. The number of halogens is 1. The van der Waals surface area contributed by atoms with E-state index in [-0.39, 0.29) is 12.5 Å². The minimum atomic E-state index is -1.30. The predicted octanol–water partition coefficient (Wildman–Crippen LogP) is 4.50. The first kappa shape index (κ1) is 20.4. The zero-order chi connectivity index (χ0) is 22.1. The Morgan fingerprint density at radius 1 is 0.906 bits per heavy atom. The van der Waals surface area contributed by atoms with Crippen LogP contribution in [0.1, 0.15) is 23.1 Å². The summed E-state index contributed by atoms with van der Waals surface area (Å²) in [5.74, 6) is 0.672. The van der Waals surface area contributed by atoms with Crippen molar-refractivity contribution < 1.29 is 19.1 Å². The Bertz CT molecular complexity index is 1130. The van der Waals surface area contributed by atoms with Crippen molar-refractivity contribution >= 4 is 23.5 Å². The normalized spacial score (nSPS) is 17.1. The number of carbonyl (C=O) groups excluding carboxylic acids is 2. The maximum atomic E-state index is 13.8. The number of urea groups is 1. The fourth-order valence-electron chi connectivity index (χ4n) is 4.21. The van der Waals surface area contributed by atoms with Crippen LogP contribution in [-0.2, 0) is 16.9 Å². The Morgan fingerprint density at radius 3 is 2.19 bits per heavy atom. The first-order valence-electron chi connectivity index (χ1n) is 10.4. The van der Waals surface area contributed by atoms with Crippen LogP contribution in [0.25, 0.3) is 0 Å². The molecule has 0 aliphatic carbocycles. The second-order valence-electron chi connectivity index (χ2n) is 7.76. The summed E-state index contributed by atoms with van der Waals surface area (Å²) in [5.41, 5.74) is 0.779. The number of benzene rings is 3. The Morgan fingerprint density at radius 2 is 1.53 bits per heavy atom. The summed E-state index contributed by atoms with van der Waals surface area (Å²) < 4.78 is 11.4. The van der Waals surface area contributed by atoms with Crippen molar-refractivity contribution in [1.82, 2.24) is 10.2 Å². The molecule has 7 heteroatoms. The highest BCUT2D eigenvalue weighted by Crippen LogP contribution is 2.40. The zero-order valence-electron chi connectivity index (χ0n) is 17.2. The van der Waals surface area contributed by atoms with E-state index in [1.165, 1.54) is 4.90 Å². The van der Waals surface area contributed by atoms with Gasteiger partial charge in [-0.05, 0) is 28.8 Å². The third-order valence-corrected chi connectivity index (χ3v) is 6.00. The fraction of sp³-hybridized carbons (Fsp3) is 0.200. The third kappa shape index (κ3) is 3.37. The number of nitrogens with zero attached hydrogens (tertiary/aromatic N) is 1. The molecule has 0 saturated carbocycles. The van der Waals surface area contributed by atoms with E-state index in [4.69, 9.17) is 21.1 Å². The molecule has 0 unspecified atom stereocenters. The molecule has 32 heavy (non-hydrogen) atoms. The number of imide groups is 1. The quantitative estimate of drug-likeness (QED) is 0.597. The van der Waals surface area contributed by atoms with E-state index in [0.29, 0.717) is 46.4 Å². The molecule has 2 heterocycles. The van der Waals surface area contributed by atoms with Gasteiger partial charge in [-0.2, -0.15) is 0 Å². The van der Waals surface area contributed by atoms with E-state index in [0.717, 1.165) is 6.42 Å². The highest BCUT2D eigenvalue weighted by atomic mass is 35.5. The maximum Gasteiger partial charge on any atom is 0.325 e. The monoisotopic (exact) mass is 448 g/mol. The topological polar surface area (TPSA) is 67.9 Å². The van der Waals surface area contributed by atoms with E-state index in [1.54, 1.807) is 12.1 Å². The van der Waals surface area contributed by atoms with Crippen LogP contribution in [-0.4, -0.2) is 30.1 Å². The Labute approximate surface area is 190 Å². The van der Waals surface area contributed by atoms with Gasteiger partial charge in [-0.3, -0.25) is 9.69 Å². The molecule has 3 aromatic carbocycles. The number of carbonyl (C=O) groups is 2. The van der Waals surface area contributed by atoms with Crippen LogP contribution < -0.4 is 14.8 Å². The average Bonchev–Trinajstić information content (AvgIpc) is 2.97. The lowest BCUT2D eigenvalue weighted by Gasteiger charge is -2.28. The zero-order valence-corrected chi connectivity index (χ0v) is 18.0. The minimum absolute atomic E-state index is 0.0580. The fourth-order valence-corrected chi connectivity index (χ4v) is 4.50. The number of rotatable bonds is 4. The molecule has 3 amide bonds. The van der Waals surface area contributed by atoms with Gasteiger partial charge in [0.1, 0.15) is 0 Å². The Hall–Kier alpha value is -3.51. The molecule has 3 aromatic rings. The molecule has 0 atom stereocenters. The highest BCUT2D eigenvalue weighted by molar-refractivity contribution is 6.32. The van der Waals surface area contributed by atoms with Gasteiger partial charge >= 0.3 is 6.03 Å². The number of hydrogen-bond donors (Lipinski definition) is 1. The average molecular weight is 449 g/mol. The first-order chi connectivity index (χ1) is 15.6. The van der Waals surface area contributed by atoms with Gasteiger partial charge in [-0.25, -0.2) is 4.79 Å². The summed E-state index contributed by atoms with van der Waals surface area (Å²) in [6, 6.07) is 21.6. The molecule has 162 valence electrons. The van der Waals surface area contributed by atoms with Crippen LogP contribution in [0.15, 0.2) is 72.8 Å². The molecule has 1 fully saturated rings. The van der Waals surface area contributed by atoms with Gasteiger partial charge in [-0.1, -0.05) is 72.3 Å². The van der Waals surface area contributed by atoms with E-state index in [9.17, 15) is 9.59 Å². The van der Waals surface area contributed by atoms with Gasteiger partial charge in [0.15, 0.2) is 17.0 Å². The smallest absolute Gasteiger partial charge is 0.325 e. The molecule has 1 saturated heterocycles. The molecule has 0 radical (unpaired) electrons. The molecule has 0 aromatic heterocycles. The van der Waals surface area contributed by atoms with Gasteiger partial charge in [-0.15, -0.1) is 0 Å². The second-order valence-corrected chi connectivity index (χ2v) is 8.17. The van der Waals surface area contributed by atoms with Crippen LogP contribution in [0.2, 0.25) is 5.02 Å². The summed E-state index contributed by atoms with van der Waals surface area (Å²) in [7, 11) is 0. The summed E-state index contributed by atoms with van der Waals surface area (Å²) in [6.45, 7) is 1.10. The molecule has 0 bridgehead atoms. The van der Waals surface area contributed by atoms with Crippen molar-refractivity contribution in [1.29, 1.82) is 0 Å². The number of nitrogens with one attached hydrogen (secondary N) is 1. The van der Waals surface area contributed by atoms with Crippen molar-refractivity contribution in [3.8, 4) is 11.5 Å². The summed E-state index contributed by atoms with van der Waals surface area (Å²) in [4.78, 5) is 28.1.